The Kier molecular flexibility index (Phi) is 13.5. The van der Waals surface area contributed by atoms with Crippen LogP contribution in [0.2, 0.25) is 0 Å². The number of nitrogens with one attached hydrogen (secondary N) is 2. The zero-order chi connectivity index (χ0) is 26.2. The van der Waals surface area contributed by atoms with E-state index in [2.05, 4.69) is 38.3 Å². The van der Waals surface area contributed by atoms with Crippen LogP contribution in [0, 0.1) is 11.8 Å². The number of rotatable bonds is 17. The van der Waals surface area contributed by atoms with Gasteiger partial charge in [0.15, 0.2) is 0 Å². The summed E-state index contributed by atoms with van der Waals surface area (Å²) >= 11 is 0. The maximum Gasteiger partial charge on any atom is 0.255 e. The maximum absolute atomic E-state index is 12.5. The Hall–Kier alpha value is -3.02. The van der Waals surface area contributed by atoms with Crippen LogP contribution < -0.4 is 20.1 Å². The van der Waals surface area contributed by atoms with Crippen molar-refractivity contribution in [2.75, 3.05) is 26.3 Å². The molecule has 0 bridgehead atoms. The fourth-order valence-corrected chi connectivity index (χ4v) is 3.62. The van der Waals surface area contributed by atoms with E-state index >= 15 is 0 Å². The van der Waals surface area contributed by atoms with Crippen molar-refractivity contribution >= 4 is 11.8 Å². The zero-order valence-electron chi connectivity index (χ0n) is 22.5. The number of carbonyl (C=O) groups is 2. The third kappa shape index (κ3) is 11.1. The molecule has 6 nitrogen and oxygen atoms in total. The second-order valence-corrected chi connectivity index (χ2v) is 10.0. The zero-order valence-corrected chi connectivity index (χ0v) is 22.5. The molecule has 0 aliphatic heterocycles. The maximum atomic E-state index is 12.5. The van der Waals surface area contributed by atoms with Gasteiger partial charge in [0.05, 0.1) is 24.3 Å². The average molecular weight is 497 g/mol. The molecule has 0 heterocycles. The van der Waals surface area contributed by atoms with Crippen LogP contribution >= 0.6 is 0 Å². The molecular weight excluding hydrogens is 452 g/mol. The monoisotopic (exact) mass is 496 g/mol. The number of amides is 2. The summed E-state index contributed by atoms with van der Waals surface area (Å²) in [5, 5.41) is 6.02. The third-order valence-corrected chi connectivity index (χ3v) is 5.58. The molecular formula is C30H44N2O4. The van der Waals surface area contributed by atoms with Crippen LogP contribution in [-0.4, -0.2) is 38.1 Å². The Balaban J connectivity index is 1.56. The first kappa shape index (κ1) is 29.2. The predicted molar refractivity (Wildman–Crippen MR) is 146 cm³/mol. The summed E-state index contributed by atoms with van der Waals surface area (Å²) in [5.74, 6) is 1.93. The van der Waals surface area contributed by atoms with Crippen molar-refractivity contribution in [2.45, 2.75) is 66.2 Å². The van der Waals surface area contributed by atoms with Crippen LogP contribution in [0.3, 0.4) is 0 Å². The molecule has 2 rings (SSSR count). The van der Waals surface area contributed by atoms with E-state index in [-0.39, 0.29) is 11.8 Å². The normalized spacial score (nSPS) is 10.9. The van der Waals surface area contributed by atoms with Crippen LogP contribution in [0.25, 0.3) is 0 Å². The van der Waals surface area contributed by atoms with Gasteiger partial charge in [-0.15, -0.1) is 0 Å². The highest BCUT2D eigenvalue weighted by atomic mass is 16.5. The molecule has 0 atom stereocenters. The molecule has 0 radical (unpaired) electrons. The minimum Gasteiger partial charge on any atom is -0.492 e. The van der Waals surface area contributed by atoms with Crippen molar-refractivity contribution in [2.24, 2.45) is 11.8 Å². The van der Waals surface area contributed by atoms with Crippen molar-refractivity contribution < 1.29 is 19.1 Å². The van der Waals surface area contributed by atoms with E-state index in [4.69, 9.17) is 9.47 Å². The van der Waals surface area contributed by atoms with Crippen LogP contribution in [0.1, 0.15) is 86.9 Å². The van der Waals surface area contributed by atoms with Crippen LogP contribution in [-0.2, 0) is 0 Å². The largest absolute Gasteiger partial charge is 0.492 e. The van der Waals surface area contributed by atoms with E-state index in [0.29, 0.717) is 60.8 Å². The van der Waals surface area contributed by atoms with Crippen LogP contribution in [0.15, 0.2) is 48.5 Å². The van der Waals surface area contributed by atoms with E-state index in [1.165, 1.54) is 0 Å². The predicted octanol–water partition coefficient (Wildman–Crippen LogP) is 6.26. The van der Waals surface area contributed by atoms with Crippen LogP contribution in [0.4, 0.5) is 0 Å². The van der Waals surface area contributed by atoms with Gasteiger partial charge in [-0.3, -0.25) is 9.59 Å². The Morgan fingerprint density at radius 3 is 1.36 bits per heavy atom. The molecule has 0 saturated heterocycles. The molecule has 6 heteroatoms. The quantitative estimate of drug-likeness (QED) is 0.254. The topological polar surface area (TPSA) is 76.7 Å². The minimum absolute atomic E-state index is 0.0822. The molecule has 2 aromatic carbocycles. The SMILES string of the molecule is CC(C)COc1ccccc1C(=O)NCCCCCCCCNC(=O)c1ccccc1OCC(C)C. The van der Waals surface area contributed by atoms with Crippen molar-refractivity contribution in [1.29, 1.82) is 0 Å². The first-order valence-corrected chi connectivity index (χ1v) is 13.4. The van der Waals surface area contributed by atoms with Gasteiger partial charge in [-0.2, -0.15) is 0 Å². The van der Waals surface area contributed by atoms with E-state index in [1.54, 1.807) is 12.1 Å². The number of hydrogen-bond acceptors (Lipinski definition) is 4. The highest BCUT2D eigenvalue weighted by Crippen LogP contribution is 2.20. The van der Waals surface area contributed by atoms with Crippen molar-refractivity contribution in [3.63, 3.8) is 0 Å². The fourth-order valence-electron chi connectivity index (χ4n) is 3.62. The molecule has 2 aromatic rings. The minimum atomic E-state index is -0.0822. The van der Waals surface area contributed by atoms with E-state index in [0.717, 1.165) is 38.5 Å². The summed E-state index contributed by atoms with van der Waals surface area (Å²) in [6.07, 6.45) is 6.26. The van der Waals surface area contributed by atoms with Crippen molar-refractivity contribution in [3.8, 4) is 11.5 Å². The van der Waals surface area contributed by atoms with Gasteiger partial charge in [0.1, 0.15) is 11.5 Å². The van der Waals surface area contributed by atoms with E-state index in [1.807, 2.05) is 36.4 Å². The van der Waals surface area contributed by atoms with Gasteiger partial charge >= 0.3 is 0 Å². The van der Waals surface area contributed by atoms with Gasteiger partial charge in [-0.25, -0.2) is 0 Å². The Labute approximate surface area is 217 Å². The number of carbonyl (C=O) groups excluding carboxylic acids is 2. The average Bonchev–Trinajstić information content (AvgIpc) is 2.87. The van der Waals surface area contributed by atoms with E-state index < -0.39 is 0 Å². The lowest BCUT2D eigenvalue weighted by molar-refractivity contribution is 0.0939. The smallest absolute Gasteiger partial charge is 0.255 e. The van der Waals surface area contributed by atoms with Gasteiger partial charge in [0.25, 0.3) is 11.8 Å². The lowest BCUT2D eigenvalue weighted by Gasteiger charge is -2.13. The lowest BCUT2D eigenvalue weighted by Crippen LogP contribution is -2.25. The molecule has 2 amide bonds. The van der Waals surface area contributed by atoms with Gasteiger partial charge in [-0.1, -0.05) is 77.6 Å². The molecule has 0 saturated carbocycles. The molecule has 0 spiro atoms. The van der Waals surface area contributed by atoms with Crippen molar-refractivity contribution in [3.05, 3.63) is 59.7 Å². The summed E-state index contributed by atoms with van der Waals surface area (Å²) in [7, 11) is 0. The summed E-state index contributed by atoms with van der Waals surface area (Å²) < 4.78 is 11.6. The Morgan fingerprint density at radius 1 is 0.611 bits per heavy atom. The highest BCUT2D eigenvalue weighted by molar-refractivity contribution is 5.97. The fraction of sp³-hybridized carbons (Fsp3) is 0.533. The molecule has 0 fully saturated rings. The number of ether oxygens (including phenoxy) is 2. The number of benzene rings is 2. The molecule has 198 valence electrons. The summed E-state index contributed by atoms with van der Waals surface area (Å²) in [5.41, 5.74) is 1.18. The number of unbranched alkanes of at least 4 members (excludes halogenated alkanes) is 5. The standard InChI is InChI=1S/C30H44N2O4/c1-23(2)21-35-27-17-11-9-15-25(27)29(33)31-19-13-7-5-6-8-14-20-32-30(34)26-16-10-12-18-28(26)36-22-24(3)4/h9-12,15-18,23-24H,5-8,13-14,19-22H2,1-4H3,(H,31,33)(H,32,34). The second-order valence-electron chi connectivity index (χ2n) is 10.0. The first-order valence-electron chi connectivity index (χ1n) is 13.4. The molecule has 0 unspecified atom stereocenters. The molecule has 2 N–H and O–H groups in total. The van der Waals surface area contributed by atoms with Crippen LogP contribution in [0.5, 0.6) is 11.5 Å². The molecule has 0 aliphatic carbocycles. The molecule has 0 aliphatic rings. The Bertz CT molecular complexity index is 851. The number of para-hydroxylation sites is 2. The lowest BCUT2D eigenvalue weighted by atomic mass is 10.1. The molecule has 36 heavy (non-hydrogen) atoms. The first-order chi connectivity index (χ1) is 17.4. The highest BCUT2D eigenvalue weighted by Gasteiger charge is 2.13. The third-order valence-electron chi connectivity index (χ3n) is 5.58. The molecule has 0 aromatic heterocycles. The summed E-state index contributed by atoms with van der Waals surface area (Å²) in [6, 6.07) is 14.8. The summed E-state index contributed by atoms with van der Waals surface area (Å²) in [6.45, 7) is 10.8. The van der Waals surface area contributed by atoms with Gasteiger partial charge in [-0.05, 0) is 48.9 Å². The number of hydrogen-bond donors (Lipinski definition) is 2. The van der Waals surface area contributed by atoms with Gasteiger partial charge in [0, 0.05) is 13.1 Å². The van der Waals surface area contributed by atoms with E-state index in [9.17, 15) is 9.59 Å². The van der Waals surface area contributed by atoms with Gasteiger partial charge in [0.2, 0.25) is 0 Å². The van der Waals surface area contributed by atoms with Gasteiger partial charge < -0.3 is 20.1 Å². The van der Waals surface area contributed by atoms with Crippen molar-refractivity contribution in [1.82, 2.24) is 10.6 Å². The summed E-state index contributed by atoms with van der Waals surface area (Å²) in [4.78, 5) is 25.1. The second kappa shape index (κ2) is 16.6. The Morgan fingerprint density at radius 2 is 0.972 bits per heavy atom.